The van der Waals surface area contributed by atoms with Crippen LogP contribution in [0.1, 0.15) is 0 Å². The Hall–Kier alpha value is -1.84. The van der Waals surface area contributed by atoms with Crippen LogP contribution in [0.5, 0.6) is 0 Å². The summed E-state index contributed by atoms with van der Waals surface area (Å²) in [6, 6.07) is 3.68. The molecule has 0 saturated heterocycles. The Morgan fingerprint density at radius 3 is 2.69 bits per heavy atom. The van der Waals surface area contributed by atoms with Gasteiger partial charge in [-0.3, -0.25) is 0 Å². The highest BCUT2D eigenvalue weighted by Gasteiger charge is 1.99. The van der Waals surface area contributed by atoms with Crippen molar-refractivity contribution in [3.05, 3.63) is 30.9 Å². The normalized spacial score (nSPS) is 10.2. The van der Waals surface area contributed by atoms with Crippen molar-refractivity contribution in [1.82, 2.24) is 14.5 Å². The van der Waals surface area contributed by atoms with Gasteiger partial charge in [0.25, 0.3) is 0 Å². The number of nitrogens with two attached hydrogens (primary N) is 1. The first-order chi connectivity index (χ1) is 6.25. The predicted octanol–water partition coefficient (Wildman–Crippen LogP) is 1.06. The van der Waals surface area contributed by atoms with Crippen molar-refractivity contribution >= 4 is 5.82 Å². The van der Waals surface area contributed by atoms with Gasteiger partial charge in [0.2, 0.25) is 0 Å². The van der Waals surface area contributed by atoms with Crippen molar-refractivity contribution in [1.29, 1.82) is 0 Å². The highest BCUT2D eigenvalue weighted by molar-refractivity contribution is 5.58. The molecule has 0 aliphatic carbocycles. The summed E-state index contributed by atoms with van der Waals surface area (Å²) in [5, 5.41) is 0. The monoisotopic (exact) mass is 174 g/mol. The SMILES string of the molecule is Cn1cnc(-c2ccc(N)nc2)c1. The average molecular weight is 174 g/mol. The van der Waals surface area contributed by atoms with Crippen molar-refractivity contribution < 1.29 is 0 Å². The summed E-state index contributed by atoms with van der Waals surface area (Å²) in [7, 11) is 1.93. The zero-order valence-electron chi connectivity index (χ0n) is 7.31. The number of nitrogen functional groups attached to an aromatic ring is 1. The second-order valence-corrected chi connectivity index (χ2v) is 2.90. The second kappa shape index (κ2) is 2.90. The lowest BCUT2D eigenvalue weighted by Crippen LogP contribution is -1.88. The van der Waals surface area contributed by atoms with Crippen LogP contribution in [0.2, 0.25) is 0 Å². The number of pyridine rings is 1. The van der Waals surface area contributed by atoms with Gasteiger partial charge in [0.05, 0.1) is 12.0 Å². The van der Waals surface area contributed by atoms with Crippen LogP contribution in [-0.4, -0.2) is 14.5 Å². The highest BCUT2D eigenvalue weighted by Crippen LogP contribution is 2.15. The summed E-state index contributed by atoms with van der Waals surface area (Å²) >= 11 is 0. The number of hydrogen-bond acceptors (Lipinski definition) is 3. The third-order valence-electron chi connectivity index (χ3n) is 1.79. The first kappa shape index (κ1) is 7.79. The number of aryl methyl sites for hydroxylation is 1. The summed E-state index contributed by atoms with van der Waals surface area (Å²) in [6.07, 6.45) is 5.41. The molecule has 2 N–H and O–H groups in total. The van der Waals surface area contributed by atoms with E-state index in [0.29, 0.717) is 5.82 Å². The molecule has 2 aromatic rings. The van der Waals surface area contributed by atoms with Crippen LogP contribution in [0.25, 0.3) is 11.3 Å². The molecule has 0 aromatic carbocycles. The Kier molecular flexibility index (Phi) is 1.73. The van der Waals surface area contributed by atoms with Crippen LogP contribution in [0.3, 0.4) is 0 Å². The third-order valence-corrected chi connectivity index (χ3v) is 1.79. The molecule has 4 nitrogen and oxygen atoms in total. The maximum atomic E-state index is 5.47. The van der Waals surface area contributed by atoms with Crippen LogP contribution in [0, 0.1) is 0 Å². The lowest BCUT2D eigenvalue weighted by Gasteiger charge is -1.95. The van der Waals surface area contributed by atoms with E-state index in [0.717, 1.165) is 11.3 Å². The van der Waals surface area contributed by atoms with E-state index in [2.05, 4.69) is 9.97 Å². The minimum atomic E-state index is 0.527. The van der Waals surface area contributed by atoms with Crippen LogP contribution >= 0.6 is 0 Å². The molecule has 4 heteroatoms. The fourth-order valence-corrected chi connectivity index (χ4v) is 1.12. The van der Waals surface area contributed by atoms with Gasteiger partial charge in [0, 0.05) is 25.0 Å². The lowest BCUT2D eigenvalue weighted by molar-refractivity contribution is 0.913. The maximum absolute atomic E-state index is 5.47. The van der Waals surface area contributed by atoms with Gasteiger partial charge in [0.1, 0.15) is 5.82 Å². The summed E-state index contributed by atoms with van der Waals surface area (Å²) in [4.78, 5) is 8.19. The largest absolute Gasteiger partial charge is 0.384 e. The molecule has 0 spiro atoms. The van der Waals surface area contributed by atoms with Crippen LogP contribution in [0.4, 0.5) is 5.82 Å². The fourth-order valence-electron chi connectivity index (χ4n) is 1.12. The third kappa shape index (κ3) is 1.51. The maximum Gasteiger partial charge on any atom is 0.123 e. The molecule has 0 bridgehead atoms. The number of rotatable bonds is 1. The van der Waals surface area contributed by atoms with Gasteiger partial charge in [-0.1, -0.05) is 0 Å². The Balaban J connectivity index is 2.41. The van der Waals surface area contributed by atoms with Crippen LogP contribution in [-0.2, 0) is 7.05 Å². The standard InChI is InChI=1S/C9H10N4/c1-13-5-8(12-6-13)7-2-3-9(10)11-4-7/h2-6H,1H3,(H2,10,11). The Morgan fingerprint density at radius 1 is 1.31 bits per heavy atom. The first-order valence-electron chi connectivity index (χ1n) is 3.95. The van der Waals surface area contributed by atoms with Crippen LogP contribution in [0.15, 0.2) is 30.9 Å². The number of anilines is 1. The van der Waals surface area contributed by atoms with Gasteiger partial charge < -0.3 is 10.3 Å². The molecule has 0 unspecified atom stereocenters. The summed E-state index contributed by atoms with van der Waals surface area (Å²) < 4.78 is 1.89. The number of aromatic nitrogens is 3. The smallest absolute Gasteiger partial charge is 0.123 e. The van der Waals surface area contributed by atoms with Crippen molar-refractivity contribution in [3.63, 3.8) is 0 Å². The number of nitrogens with zero attached hydrogens (tertiary/aromatic N) is 3. The van der Waals surface area contributed by atoms with E-state index in [4.69, 9.17) is 5.73 Å². The van der Waals surface area contributed by atoms with E-state index in [1.807, 2.05) is 23.9 Å². The first-order valence-corrected chi connectivity index (χ1v) is 3.95. The van der Waals surface area contributed by atoms with Crippen molar-refractivity contribution in [2.24, 2.45) is 7.05 Å². The summed E-state index contributed by atoms with van der Waals surface area (Å²) in [5.74, 6) is 0.527. The fraction of sp³-hybridized carbons (Fsp3) is 0.111. The zero-order valence-corrected chi connectivity index (χ0v) is 7.31. The van der Waals surface area contributed by atoms with E-state index < -0.39 is 0 Å². The van der Waals surface area contributed by atoms with Gasteiger partial charge in [-0.05, 0) is 12.1 Å². The van der Waals surface area contributed by atoms with E-state index in [1.54, 1.807) is 18.6 Å². The van der Waals surface area contributed by atoms with Gasteiger partial charge in [-0.25, -0.2) is 9.97 Å². The molecule has 13 heavy (non-hydrogen) atoms. The van der Waals surface area contributed by atoms with E-state index >= 15 is 0 Å². The number of hydrogen-bond donors (Lipinski definition) is 1. The minimum absolute atomic E-state index is 0.527. The van der Waals surface area contributed by atoms with Gasteiger partial charge in [-0.15, -0.1) is 0 Å². The molecule has 0 atom stereocenters. The molecular formula is C9H10N4. The van der Waals surface area contributed by atoms with Crippen molar-refractivity contribution in [2.45, 2.75) is 0 Å². The second-order valence-electron chi connectivity index (χ2n) is 2.90. The lowest BCUT2D eigenvalue weighted by atomic mass is 10.2. The summed E-state index contributed by atoms with van der Waals surface area (Å²) in [6.45, 7) is 0. The molecule has 0 aliphatic rings. The Bertz CT molecular complexity index is 402. The predicted molar refractivity (Wildman–Crippen MR) is 50.9 cm³/mol. The molecule has 66 valence electrons. The minimum Gasteiger partial charge on any atom is -0.384 e. The van der Waals surface area contributed by atoms with Gasteiger partial charge >= 0.3 is 0 Å². The van der Waals surface area contributed by atoms with E-state index in [1.165, 1.54) is 0 Å². The van der Waals surface area contributed by atoms with Crippen molar-refractivity contribution in [2.75, 3.05) is 5.73 Å². The van der Waals surface area contributed by atoms with Gasteiger partial charge in [0.15, 0.2) is 0 Å². The van der Waals surface area contributed by atoms with Gasteiger partial charge in [-0.2, -0.15) is 0 Å². The average Bonchev–Trinajstić information content (AvgIpc) is 2.53. The molecular weight excluding hydrogens is 164 g/mol. The topological polar surface area (TPSA) is 56.7 Å². The van der Waals surface area contributed by atoms with Crippen LogP contribution < -0.4 is 5.73 Å². The molecule has 0 saturated carbocycles. The molecule has 2 rings (SSSR count). The Labute approximate surface area is 76.1 Å². The molecule has 0 radical (unpaired) electrons. The quantitative estimate of drug-likeness (QED) is 0.703. The van der Waals surface area contributed by atoms with E-state index in [-0.39, 0.29) is 0 Å². The van der Waals surface area contributed by atoms with E-state index in [9.17, 15) is 0 Å². The zero-order chi connectivity index (χ0) is 9.26. The Morgan fingerprint density at radius 2 is 2.15 bits per heavy atom. The number of imidazole rings is 1. The molecule has 0 amide bonds. The molecule has 0 aliphatic heterocycles. The summed E-state index contributed by atoms with van der Waals surface area (Å²) in [5.41, 5.74) is 7.37. The molecule has 0 fully saturated rings. The van der Waals surface area contributed by atoms with Crippen molar-refractivity contribution in [3.8, 4) is 11.3 Å². The highest BCUT2D eigenvalue weighted by atomic mass is 15.0. The molecule has 2 heterocycles. The molecule has 2 aromatic heterocycles.